The lowest BCUT2D eigenvalue weighted by atomic mass is 10.3. The van der Waals surface area contributed by atoms with Gasteiger partial charge in [-0.3, -0.25) is 14.9 Å². The van der Waals surface area contributed by atoms with Crippen LogP contribution in [0.2, 0.25) is 5.02 Å². The number of halogens is 1. The normalized spacial score (nSPS) is 11.3. The molecule has 0 aliphatic carbocycles. The van der Waals surface area contributed by atoms with E-state index in [1.807, 2.05) is 0 Å². The molecule has 1 aromatic carbocycles. The van der Waals surface area contributed by atoms with Gasteiger partial charge in [-0.15, -0.1) is 0 Å². The van der Waals surface area contributed by atoms with Gasteiger partial charge in [-0.2, -0.15) is 0 Å². The smallest absolute Gasteiger partial charge is 0.280 e. The van der Waals surface area contributed by atoms with Crippen molar-refractivity contribution in [2.24, 2.45) is 4.99 Å². The highest BCUT2D eigenvalue weighted by atomic mass is 35.5. The van der Waals surface area contributed by atoms with E-state index in [9.17, 15) is 4.79 Å². The highest BCUT2D eigenvalue weighted by molar-refractivity contribution is 6.30. The Labute approximate surface area is 115 Å². The first-order chi connectivity index (χ1) is 9.13. The van der Waals surface area contributed by atoms with Crippen molar-refractivity contribution >= 4 is 17.8 Å². The van der Waals surface area contributed by atoms with Gasteiger partial charge in [-0.1, -0.05) is 11.6 Å². The number of aliphatic imine (C=N–C) groups is 1. The quantitative estimate of drug-likeness (QED) is 0.834. The largest absolute Gasteiger partial charge is 0.394 e. The third-order valence-electron chi connectivity index (χ3n) is 2.65. The fourth-order valence-corrected chi connectivity index (χ4v) is 1.82. The van der Waals surface area contributed by atoms with Crippen LogP contribution in [0.1, 0.15) is 11.3 Å². The van der Waals surface area contributed by atoms with Crippen LogP contribution in [-0.4, -0.2) is 34.3 Å². The van der Waals surface area contributed by atoms with Gasteiger partial charge in [0, 0.05) is 16.9 Å². The monoisotopic (exact) mass is 279 g/mol. The Bertz CT molecular complexity index is 641. The molecule has 19 heavy (non-hydrogen) atoms. The Morgan fingerprint density at radius 2 is 2.11 bits per heavy atom. The molecule has 0 atom stereocenters. The molecule has 5 nitrogen and oxygen atoms in total. The maximum atomic E-state index is 12.2. The Balaban J connectivity index is 2.41. The van der Waals surface area contributed by atoms with Crippen LogP contribution in [0.3, 0.4) is 0 Å². The molecule has 0 aliphatic rings. The summed E-state index contributed by atoms with van der Waals surface area (Å²) in [6.07, 6.45) is 1.48. The maximum Gasteiger partial charge on any atom is 0.280 e. The van der Waals surface area contributed by atoms with Crippen LogP contribution in [0.5, 0.6) is 0 Å². The van der Waals surface area contributed by atoms with E-state index in [0.717, 1.165) is 5.69 Å². The highest BCUT2D eigenvalue weighted by Gasteiger charge is 2.10. The number of aliphatic hydroxyl groups excluding tert-OH is 1. The zero-order chi connectivity index (χ0) is 13.8. The van der Waals surface area contributed by atoms with Gasteiger partial charge in [0.1, 0.15) is 0 Å². The van der Waals surface area contributed by atoms with Crippen molar-refractivity contribution in [2.75, 3.05) is 13.2 Å². The second-order valence-electron chi connectivity index (χ2n) is 4.03. The topological polar surface area (TPSA) is 70.4 Å². The van der Waals surface area contributed by atoms with Crippen molar-refractivity contribution in [3.63, 3.8) is 0 Å². The Morgan fingerprint density at radius 3 is 2.74 bits per heavy atom. The van der Waals surface area contributed by atoms with Crippen molar-refractivity contribution in [3.05, 3.63) is 50.9 Å². The molecule has 0 bridgehead atoms. The van der Waals surface area contributed by atoms with E-state index in [1.165, 1.54) is 10.9 Å². The molecule has 0 saturated heterocycles. The first-order valence-corrected chi connectivity index (χ1v) is 6.19. The Kier molecular flexibility index (Phi) is 4.19. The first kappa shape index (κ1) is 13.6. The fourth-order valence-electron chi connectivity index (χ4n) is 1.70. The standard InChI is InChI=1S/C13H14ClN3O2/c1-9-12(8-15-6-7-18)13(19)17(16-9)11-4-2-10(14)3-5-11/h2-5,8,16,18H,6-7H2,1H3. The second-order valence-corrected chi connectivity index (χ2v) is 4.46. The summed E-state index contributed by atoms with van der Waals surface area (Å²) in [5, 5.41) is 12.3. The van der Waals surface area contributed by atoms with Crippen LogP contribution < -0.4 is 5.56 Å². The fraction of sp³-hybridized carbons (Fsp3) is 0.231. The summed E-state index contributed by atoms with van der Waals surface area (Å²) in [5.41, 5.74) is 1.74. The number of aromatic amines is 1. The van der Waals surface area contributed by atoms with Gasteiger partial charge in [0.05, 0.1) is 24.4 Å². The first-order valence-electron chi connectivity index (χ1n) is 5.81. The summed E-state index contributed by atoms with van der Waals surface area (Å²) in [6.45, 7) is 2.05. The molecule has 2 aromatic rings. The lowest BCUT2D eigenvalue weighted by molar-refractivity contribution is 0.307. The van der Waals surface area contributed by atoms with Gasteiger partial charge in [0.15, 0.2) is 0 Å². The molecule has 1 heterocycles. The molecule has 0 aliphatic heterocycles. The van der Waals surface area contributed by atoms with E-state index < -0.39 is 0 Å². The molecule has 1 aromatic heterocycles. The average Bonchev–Trinajstić information content (AvgIpc) is 2.68. The number of H-pyrrole nitrogens is 1. The summed E-state index contributed by atoms with van der Waals surface area (Å²) < 4.78 is 1.44. The number of nitrogens with zero attached hydrogens (tertiary/aromatic N) is 2. The van der Waals surface area contributed by atoms with Crippen LogP contribution in [0.25, 0.3) is 5.69 Å². The zero-order valence-corrected chi connectivity index (χ0v) is 11.2. The van der Waals surface area contributed by atoms with E-state index in [0.29, 0.717) is 16.3 Å². The number of hydrogen-bond donors (Lipinski definition) is 2. The molecule has 2 rings (SSSR count). The lowest BCUT2D eigenvalue weighted by Gasteiger charge is -2.00. The van der Waals surface area contributed by atoms with Gasteiger partial charge in [0.2, 0.25) is 0 Å². The van der Waals surface area contributed by atoms with Crippen molar-refractivity contribution in [2.45, 2.75) is 6.92 Å². The summed E-state index contributed by atoms with van der Waals surface area (Å²) in [5.74, 6) is 0. The summed E-state index contributed by atoms with van der Waals surface area (Å²) in [7, 11) is 0. The van der Waals surface area contributed by atoms with E-state index in [4.69, 9.17) is 16.7 Å². The number of nitrogens with one attached hydrogen (secondary N) is 1. The van der Waals surface area contributed by atoms with Crippen LogP contribution in [0.4, 0.5) is 0 Å². The molecule has 0 saturated carbocycles. The molecule has 100 valence electrons. The third-order valence-corrected chi connectivity index (χ3v) is 2.90. The molecule has 0 fully saturated rings. The number of aryl methyl sites for hydroxylation is 1. The number of aromatic nitrogens is 2. The van der Waals surface area contributed by atoms with Gasteiger partial charge >= 0.3 is 0 Å². The lowest BCUT2D eigenvalue weighted by Crippen LogP contribution is -2.17. The summed E-state index contributed by atoms with van der Waals surface area (Å²) >= 11 is 5.82. The van der Waals surface area contributed by atoms with Gasteiger partial charge in [-0.25, -0.2) is 4.68 Å². The van der Waals surface area contributed by atoms with Gasteiger partial charge in [0.25, 0.3) is 5.56 Å². The molecular formula is C13H14ClN3O2. The maximum absolute atomic E-state index is 12.2. The average molecular weight is 280 g/mol. The molecule has 0 unspecified atom stereocenters. The summed E-state index contributed by atoms with van der Waals surface area (Å²) in [4.78, 5) is 16.2. The van der Waals surface area contributed by atoms with Crippen LogP contribution in [0.15, 0.2) is 34.1 Å². The third kappa shape index (κ3) is 2.94. The van der Waals surface area contributed by atoms with Crippen molar-refractivity contribution in [1.82, 2.24) is 9.78 Å². The zero-order valence-electron chi connectivity index (χ0n) is 10.4. The number of benzene rings is 1. The van der Waals surface area contributed by atoms with Crippen LogP contribution in [0, 0.1) is 6.92 Å². The van der Waals surface area contributed by atoms with Crippen LogP contribution >= 0.6 is 11.6 Å². The molecule has 2 N–H and O–H groups in total. The summed E-state index contributed by atoms with van der Waals surface area (Å²) in [6, 6.07) is 6.96. The van der Waals surface area contributed by atoms with E-state index in [2.05, 4.69) is 10.1 Å². The van der Waals surface area contributed by atoms with Crippen molar-refractivity contribution in [1.29, 1.82) is 0 Å². The van der Waals surface area contributed by atoms with Crippen molar-refractivity contribution in [3.8, 4) is 5.69 Å². The number of rotatable bonds is 4. The molecule has 0 amide bonds. The predicted molar refractivity (Wildman–Crippen MR) is 75.7 cm³/mol. The molecule has 0 radical (unpaired) electrons. The van der Waals surface area contributed by atoms with Gasteiger partial charge in [-0.05, 0) is 31.2 Å². The minimum atomic E-state index is -0.179. The van der Waals surface area contributed by atoms with Gasteiger partial charge < -0.3 is 5.11 Å². The molecule has 0 spiro atoms. The number of aliphatic hydroxyl groups is 1. The second kappa shape index (κ2) is 5.86. The van der Waals surface area contributed by atoms with Crippen molar-refractivity contribution < 1.29 is 5.11 Å². The Morgan fingerprint density at radius 1 is 1.42 bits per heavy atom. The minimum absolute atomic E-state index is 0.0364. The highest BCUT2D eigenvalue weighted by Crippen LogP contribution is 2.12. The Hall–Kier alpha value is -1.85. The SMILES string of the molecule is Cc1[nH]n(-c2ccc(Cl)cc2)c(=O)c1C=NCCO. The van der Waals surface area contributed by atoms with E-state index in [1.54, 1.807) is 31.2 Å². The predicted octanol–water partition coefficient (Wildman–Crippen LogP) is 1.54. The number of hydrogen-bond acceptors (Lipinski definition) is 3. The van der Waals surface area contributed by atoms with E-state index in [-0.39, 0.29) is 18.7 Å². The molecule has 6 heteroatoms. The minimum Gasteiger partial charge on any atom is -0.394 e. The molecular weight excluding hydrogens is 266 g/mol. The van der Waals surface area contributed by atoms with Crippen LogP contribution in [-0.2, 0) is 0 Å². The van der Waals surface area contributed by atoms with E-state index >= 15 is 0 Å².